The maximum atomic E-state index is 11.9. The minimum atomic E-state index is -3.20. The molecule has 2 rings (SSSR count). The first-order chi connectivity index (χ1) is 10.9. The summed E-state index contributed by atoms with van der Waals surface area (Å²) >= 11 is 0. The third-order valence-corrected chi connectivity index (χ3v) is 5.09. The topological polar surface area (TPSA) is 84.5 Å². The molecule has 1 aliphatic rings. The van der Waals surface area contributed by atoms with Gasteiger partial charge >= 0.3 is 0 Å². The summed E-state index contributed by atoms with van der Waals surface area (Å²) in [4.78, 5) is 12.2. The summed E-state index contributed by atoms with van der Waals surface area (Å²) in [5.41, 5.74) is 0. The van der Waals surface area contributed by atoms with E-state index in [4.69, 9.17) is 4.74 Å². The summed E-state index contributed by atoms with van der Waals surface area (Å²) in [7, 11) is -3.20. The lowest BCUT2D eigenvalue weighted by Gasteiger charge is -2.30. The molecule has 2 N–H and O–H groups in total. The Morgan fingerprint density at radius 2 is 2.00 bits per heavy atom. The fraction of sp³-hybridized carbons (Fsp3) is 0.562. The van der Waals surface area contributed by atoms with Gasteiger partial charge in [0.1, 0.15) is 5.75 Å². The zero-order valence-corrected chi connectivity index (χ0v) is 15.6. The Hall–Kier alpha value is -1.31. The molecule has 1 heterocycles. The Morgan fingerprint density at radius 1 is 1.33 bits per heavy atom. The SMILES string of the molecule is CC1NCCCC1NC(=O)CCOc1ccc(S(C)(=O)=O)cc1.Cl. The highest BCUT2D eigenvalue weighted by Gasteiger charge is 2.22. The number of sulfone groups is 1. The van der Waals surface area contributed by atoms with Gasteiger partial charge in [0.25, 0.3) is 0 Å². The Bertz CT molecular complexity index is 634. The summed E-state index contributed by atoms with van der Waals surface area (Å²) < 4.78 is 28.2. The van der Waals surface area contributed by atoms with E-state index >= 15 is 0 Å². The highest BCUT2D eigenvalue weighted by molar-refractivity contribution is 7.90. The number of halogens is 1. The van der Waals surface area contributed by atoms with E-state index < -0.39 is 9.84 Å². The molecule has 0 aromatic heterocycles. The predicted molar refractivity (Wildman–Crippen MR) is 95.5 cm³/mol. The quantitative estimate of drug-likeness (QED) is 0.786. The van der Waals surface area contributed by atoms with Gasteiger partial charge in [-0.2, -0.15) is 0 Å². The van der Waals surface area contributed by atoms with Crippen LogP contribution in [-0.2, 0) is 14.6 Å². The second-order valence-corrected chi connectivity index (χ2v) is 7.92. The van der Waals surface area contributed by atoms with E-state index in [-0.39, 0.29) is 48.3 Å². The van der Waals surface area contributed by atoms with Gasteiger partial charge in [0.2, 0.25) is 5.91 Å². The molecule has 8 heteroatoms. The zero-order chi connectivity index (χ0) is 16.9. The van der Waals surface area contributed by atoms with Crippen LogP contribution in [0.2, 0.25) is 0 Å². The second kappa shape index (κ2) is 9.25. The molecule has 2 unspecified atom stereocenters. The molecule has 1 aromatic rings. The largest absolute Gasteiger partial charge is 0.493 e. The normalized spacial score (nSPS) is 20.8. The van der Waals surface area contributed by atoms with Crippen molar-refractivity contribution in [1.29, 1.82) is 0 Å². The Morgan fingerprint density at radius 3 is 2.58 bits per heavy atom. The van der Waals surface area contributed by atoms with Crippen LogP contribution in [0.4, 0.5) is 0 Å². The van der Waals surface area contributed by atoms with Crippen molar-refractivity contribution in [3.8, 4) is 5.75 Å². The number of benzene rings is 1. The minimum Gasteiger partial charge on any atom is -0.493 e. The predicted octanol–water partition coefficient (Wildman–Crippen LogP) is 1.54. The van der Waals surface area contributed by atoms with Gasteiger partial charge in [0.15, 0.2) is 9.84 Å². The van der Waals surface area contributed by atoms with E-state index in [0.29, 0.717) is 5.75 Å². The van der Waals surface area contributed by atoms with Gasteiger partial charge in [0.05, 0.1) is 17.9 Å². The number of amides is 1. The molecule has 0 aliphatic carbocycles. The third kappa shape index (κ3) is 6.30. The Kier molecular flexibility index (Phi) is 7.99. The van der Waals surface area contributed by atoms with Crippen LogP contribution in [-0.4, -0.2) is 45.8 Å². The lowest BCUT2D eigenvalue weighted by Crippen LogP contribution is -2.52. The second-order valence-electron chi connectivity index (χ2n) is 5.90. The minimum absolute atomic E-state index is 0. The van der Waals surface area contributed by atoms with Crippen molar-refractivity contribution in [2.24, 2.45) is 0 Å². The average molecular weight is 377 g/mol. The standard InChI is InChI=1S/C16H24N2O4S.ClH/c1-12-15(4-3-10-17-12)18-16(19)9-11-22-13-5-7-14(8-6-13)23(2,20)21;/h5-8,12,15,17H,3-4,9-11H2,1-2H3,(H,18,19);1H. The molecule has 1 fully saturated rings. The molecule has 24 heavy (non-hydrogen) atoms. The molecular formula is C16H25ClN2O4S. The maximum Gasteiger partial charge on any atom is 0.223 e. The first-order valence-corrected chi connectivity index (χ1v) is 9.71. The summed E-state index contributed by atoms with van der Waals surface area (Å²) in [6.07, 6.45) is 3.50. The van der Waals surface area contributed by atoms with Crippen molar-refractivity contribution < 1.29 is 17.9 Å². The molecule has 0 spiro atoms. The molecule has 1 saturated heterocycles. The van der Waals surface area contributed by atoms with Gasteiger partial charge in [-0.05, 0) is 50.6 Å². The summed E-state index contributed by atoms with van der Waals surface area (Å²) in [5.74, 6) is 0.524. The highest BCUT2D eigenvalue weighted by Crippen LogP contribution is 2.16. The summed E-state index contributed by atoms with van der Waals surface area (Å²) in [6, 6.07) is 6.66. The molecule has 0 saturated carbocycles. The molecular weight excluding hydrogens is 352 g/mol. The van der Waals surface area contributed by atoms with Gasteiger partial charge in [-0.3, -0.25) is 4.79 Å². The van der Waals surface area contributed by atoms with Gasteiger partial charge in [-0.25, -0.2) is 8.42 Å². The highest BCUT2D eigenvalue weighted by atomic mass is 35.5. The van der Waals surface area contributed by atoms with Crippen LogP contribution in [0.25, 0.3) is 0 Å². The fourth-order valence-electron chi connectivity index (χ4n) is 2.56. The lowest BCUT2D eigenvalue weighted by atomic mass is 10.00. The molecule has 136 valence electrons. The van der Waals surface area contributed by atoms with E-state index in [0.717, 1.165) is 25.6 Å². The van der Waals surface area contributed by atoms with E-state index in [1.807, 2.05) is 0 Å². The summed E-state index contributed by atoms with van der Waals surface area (Å²) in [5, 5.41) is 6.36. The van der Waals surface area contributed by atoms with Crippen molar-refractivity contribution in [2.75, 3.05) is 19.4 Å². The van der Waals surface area contributed by atoms with E-state index in [2.05, 4.69) is 17.6 Å². The smallest absolute Gasteiger partial charge is 0.223 e. The number of carbonyl (C=O) groups excluding carboxylic acids is 1. The first kappa shape index (κ1) is 20.7. The van der Waals surface area contributed by atoms with Crippen LogP contribution in [0.1, 0.15) is 26.2 Å². The van der Waals surface area contributed by atoms with Crippen LogP contribution in [0.15, 0.2) is 29.2 Å². The monoisotopic (exact) mass is 376 g/mol. The van der Waals surface area contributed by atoms with Crippen LogP contribution in [0.5, 0.6) is 5.75 Å². The van der Waals surface area contributed by atoms with Crippen molar-refractivity contribution in [3.63, 3.8) is 0 Å². The van der Waals surface area contributed by atoms with Crippen molar-refractivity contribution >= 4 is 28.2 Å². The number of hydrogen-bond donors (Lipinski definition) is 2. The zero-order valence-electron chi connectivity index (χ0n) is 13.9. The maximum absolute atomic E-state index is 11.9. The van der Waals surface area contributed by atoms with Gasteiger partial charge in [-0.15, -0.1) is 12.4 Å². The lowest BCUT2D eigenvalue weighted by molar-refractivity contribution is -0.122. The van der Waals surface area contributed by atoms with E-state index in [9.17, 15) is 13.2 Å². The third-order valence-electron chi connectivity index (χ3n) is 3.96. The van der Waals surface area contributed by atoms with Crippen molar-refractivity contribution in [3.05, 3.63) is 24.3 Å². The first-order valence-electron chi connectivity index (χ1n) is 7.82. The molecule has 0 bridgehead atoms. The molecule has 2 atom stereocenters. The van der Waals surface area contributed by atoms with Crippen LogP contribution >= 0.6 is 12.4 Å². The molecule has 1 amide bonds. The van der Waals surface area contributed by atoms with Crippen molar-refractivity contribution in [2.45, 2.75) is 43.2 Å². The van der Waals surface area contributed by atoms with Gasteiger partial charge < -0.3 is 15.4 Å². The number of nitrogens with one attached hydrogen (secondary N) is 2. The van der Waals surface area contributed by atoms with Crippen LogP contribution < -0.4 is 15.4 Å². The molecule has 1 aliphatic heterocycles. The fourth-order valence-corrected chi connectivity index (χ4v) is 3.20. The number of carbonyl (C=O) groups is 1. The Balaban J connectivity index is 0.00000288. The van der Waals surface area contributed by atoms with E-state index in [1.165, 1.54) is 12.1 Å². The van der Waals surface area contributed by atoms with Crippen molar-refractivity contribution in [1.82, 2.24) is 10.6 Å². The molecule has 0 radical (unpaired) electrons. The van der Waals surface area contributed by atoms with Gasteiger partial charge in [0, 0.05) is 18.3 Å². The van der Waals surface area contributed by atoms with Gasteiger partial charge in [-0.1, -0.05) is 0 Å². The summed E-state index contributed by atoms with van der Waals surface area (Å²) in [6.45, 7) is 3.34. The number of piperidine rings is 1. The number of ether oxygens (including phenoxy) is 1. The van der Waals surface area contributed by atoms with Crippen LogP contribution in [0.3, 0.4) is 0 Å². The molecule has 1 aromatic carbocycles. The number of rotatable bonds is 6. The van der Waals surface area contributed by atoms with Crippen LogP contribution in [0, 0.1) is 0 Å². The molecule has 6 nitrogen and oxygen atoms in total. The Labute approximate surface area is 149 Å². The average Bonchev–Trinajstić information content (AvgIpc) is 2.49. The van der Waals surface area contributed by atoms with E-state index in [1.54, 1.807) is 12.1 Å². The number of hydrogen-bond acceptors (Lipinski definition) is 5.